The monoisotopic (exact) mass is 402 g/mol. The van der Waals surface area contributed by atoms with Crippen LogP contribution in [0, 0.1) is 17.0 Å². The highest BCUT2D eigenvalue weighted by Crippen LogP contribution is 2.33. The van der Waals surface area contributed by atoms with E-state index in [1.54, 1.807) is 12.1 Å². The number of rotatable bonds is 5. The van der Waals surface area contributed by atoms with Gasteiger partial charge in [0.15, 0.2) is 0 Å². The molecule has 1 aromatic heterocycles. The topological polar surface area (TPSA) is 72.2 Å². The number of nitrogens with zero attached hydrogens (tertiary/aromatic N) is 1. The third-order valence-corrected chi connectivity index (χ3v) is 5.93. The first-order valence-electron chi connectivity index (χ1n) is 9.13. The minimum atomic E-state index is -0.474. The highest BCUT2D eigenvalue weighted by atomic mass is 32.1. The first-order valence-corrected chi connectivity index (χ1v) is 9.94. The number of hydrogen-bond acceptors (Lipinski definition) is 4. The molecule has 29 heavy (non-hydrogen) atoms. The van der Waals surface area contributed by atoms with Crippen LogP contribution in [0.5, 0.6) is 0 Å². The number of carbonyl (C=O) groups is 1. The molecule has 0 saturated carbocycles. The zero-order valence-corrected chi connectivity index (χ0v) is 16.5. The van der Waals surface area contributed by atoms with Crippen LogP contribution in [-0.4, -0.2) is 10.8 Å². The number of benzene rings is 3. The Kier molecular flexibility index (Phi) is 5.10. The van der Waals surface area contributed by atoms with Gasteiger partial charge in [-0.05, 0) is 42.0 Å². The molecule has 0 bridgehead atoms. The summed E-state index contributed by atoms with van der Waals surface area (Å²) in [6.45, 7) is 2.04. The fourth-order valence-electron chi connectivity index (χ4n) is 3.25. The third-order valence-electron chi connectivity index (χ3n) is 4.72. The lowest BCUT2D eigenvalue weighted by Gasteiger charge is -2.07. The Hall–Kier alpha value is -3.51. The second-order valence-corrected chi connectivity index (χ2v) is 7.88. The van der Waals surface area contributed by atoms with Crippen LogP contribution in [-0.2, 0) is 6.42 Å². The summed E-state index contributed by atoms with van der Waals surface area (Å²) >= 11 is 1.44. The molecule has 4 rings (SSSR count). The fraction of sp³-hybridized carbons (Fsp3) is 0.0870. The van der Waals surface area contributed by atoms with E-state index in [0.29, 0.717) is 17.0 Å². The van der Waals surface area contributed by atoms with Crippen LogP contribution in [0.3, 0.4) is 0 Å². The van der Waals surface area contributed by atoms with E-state index in [9.17, 15) is 14.9 Å². The third kappa shape index (κ3) is 4.02. The molecular weight excluding hydrogens is 384 g/mol. The van der Waals surface area contributed by atoms with Crippen molar-refractivity contribution in [1.29, 1.82) is 0 Å². The molecule has 5 nitrogen and oxygen atoms in total. The number of hydrogen-bond donors (Lipinski definition) is 1. The molecule has 0 atom stereocenters. The molecule has 0 radical (unpaired) electrons. The lowest BCUT2D eigenvalue weighted by molar-refractivity contribution is -0.384. The number of fused-ring (bicyclic) bond motifs is 1. The van der Waals surface area contributed by atoms with E-state index in [-0.39, 0.29) is 11.6 Å². The molecule has 4 aromatic rings. The van der Waals surface area contributed by atoms with Gasteiger partial charge in [-0.25, -0.2) is 0 Å². The van der Waals surface area contributed by atoms with Gasteiger partial charge in [0, 0.05) is 22.5 Å². The van der Waals surface area contributed by atoms with E-state index in [0.717, 1.165) is 21.2 Å². The number of non-ortho nitro benzene ring substituents is 1. The lowest BCUT2D eigenvalue weighted by Crippen LogP contribution is -2.12. The van der Waals surface area contributed by atoms with Gasteiger partial charge in [0.25, 0.3) is 11.6 Å². The van der Waals surface area contributed by atoms with Gasteiger partial charge in [0.05, 0.1) is 9.80 Å². The van der Waals surface area contributed by atoms with E-state index < -0.39 is 4.92 Å². The average molecular weight is 402 g/mol. The zero-order chi connectivity index (χ0) is 20.4. The van der Waals surface area contributed by atoms with E-state index in [2.05, 4.69) is 29.6 Å². The van der Waals surface area contributed by atoms with Gasteiger partial charge in [0.2, 0.25) is 0 Å². The minimum Gasteiger partial charge on any atom is -0.321 e. The summed E-state index contributed by atoms with van der Waals surface area (Å²) in [4.78, 5) is 24.2. The van der Waals surface area contributed by atoms with Crippen molar-refractivity contribution in [2.24, 2.45) is 0 Å². The molecule has 3 aromatic carbocycles. The van der Waals surface area contributed by atoms with Crippen molar-refractivity contribution in [3.8, 4) is 0 Å². The smallest absolute Gasteiger partial charge is 0.271 e. The number of amides is 1. The molecule has 1 amide bonds. The summed E-state index contributed by atoms with van der Waals surface area (Å²) in [6, 6.07) is 22.2. The molecule has 6 heteroatoms. The molecular formula is C23H18N2O3S. The normalized spacial score (nSPS) is 10.8. The Balaban J connectivity index is 1.70. The Morgan fingerprint density at radius 1 is 1.03 bits per heavy atom. The molecule has 0 saturated heterocycles. The highest BCUT2D eigenvalue weighted by Gasteiger charge is 2.19. The molecule has 0 aliphatic heterocycles. The molecule has 144 valence electrons. The molecule has 0 spiro atoms. The Morgan fingerprint density at radius 2 is 1.79 bits per heavy atom. The summed E-state index contributed by atoms with van der Waals surface area (Å²) in [6.07, 6.45) is 0.641. The quantitative estimate of drug-likeness (QED) is 0.331. The number of nitro benzene ring substituents is 1. The molecule has 0 fully saturated rings. The van der Waals surface area contributed by atoms with Crippen LogP contribution >= 0.6 is 11.3 Å². The molecule has 0 aliphatic carbocycles. The predicted molar refractivity (Wildman–Crippen MR) is 117 cm³/mol. The van der Waals surface area contributed by atoms with Gasteiger partial charge in [-0.3, -0.25) is 14.9 Å². The summed E-state index contributed by atoms with van der Waals surface area (Å²) in [5.74, 6) is -0.256. The maximum atomic E-state index is 13.1. The second-order valence-electron chi connectivity index (χ2n) is 6.83. The van der Waals surface area contributed by atoms with Crippen LogP contribution in [0.15, 0.2) is 72.8 Å². The zero-order valence-electron chi connectivity index (χ0n) is 15.7. The summed E-state index contributed by atoms with van der Waals surface area (Å²) in [5, 5.41) is 14.9. The molecule has 1 heterocycles. The van der Waals surface area contributed by atoms with E-state index in [4.69, 9.17) is 0 Å². The van der Waals surface area contributed by atoms with Crippen LogP contribution in [0.2, 0.25) is 0 Å². The predicted octanol–water partition coefficient (Wildman–Crippen LogP) is 5.96. The maximum absolute atomic E-state index is 13.1. The van der Waals surface area contributed by atoms with Crippen molar-refractivity contribution in [2.45, 2.75) is 13.3 Å². The van der Waals surface area contributed by atoms with Crippen LogP contribution in [0.4, 0.5) is 11.4 Å². The SMILES string of the molecule is Cc1ccc(Cc2c(C(=O)Nc3cccc([N+](=O)[O-])c3)sc3ccccc23)cc1. The van der Waals surface area contributed by atoms with Crippen LogP contribution in [0.25, 0.3) is 10.1 Å². The minimum absolute atomic E-state index is 0.0565. The molecule has 1 N–H and O–H groups in total. The Bertz CT molecular complexity index is 1210. The summed E-state index contributed by atoms with van der Waals surface area (Å²) in [5.41, 5.74) is 3.63. The van der Waals surface area contributed by atoms with Crippen molar-refractivity contribution >= 4 is 38.7 Å². The van der Waals surface area contributed by atoms with Crippen LogP contribution < -0.4 is 5.32 Å². The first-order chi connectivity index (χ1) is 14.0. The van der Waals surface area contributed by atoms with Gasteiger partial charge in [-0.2, -0.15) is 0 Å². The molecule has 0 unspecified atom stereocenters. The number of nitrogens with one attached hydrogen (secondary N) is 1. The van der Waals surface area contributed by atoms with Gasteiger partial charge in [0.1, 0.15) is 0 Å². The Labute approximate surface area is 171 Å². The molecule has 0 aliphatic rings. The standard InChI is InChI=1S/C23H18N2O3S/c1-15-9-11-16(12-10-15)13-20-19-7-2-3-8-21(19)29-22(20)23(26)24-17-5-4-6-18(14-17)25(27)28/h2-12,14H,13H2,1H3,(H,24,26). The lowest BCUT2D eigenvalue weighted by atomic mass is 10.0. The van der Waals surface area contributed by atoms with E-state index in [1.807, 2.05) is 31.2 Å². The van der Waals surface area contributed by atoms with Gasteiger partial charge in [-0.1, -0.05) is 54.1 Å². The Morgan fingerprint density at radius 3 is 2.55 bits per heavy atom. The number of thiophene rings is 1. The van der Waals surface area contributed by atoms with Crippen molar-refractivity contribution in [3.63, 3.8) is 0 Å². The number of anilines is 1. The van der Waals surface area contributed by atoms with Crippen molar-refractivity contribution in [3.05, 3.63) is 104 Å². The van der Waals surface area contributed by atoms with Crippen molar-refractivity contribution in [2.75, 3.05) is 5.32 Å². The van der Waals surface area contributed by atoms with E-state index in [1.165, 1.54) is 29.0 Å². The number of aryl methyl sites for hydroxylation is 1. The van der Waals surface area contributed by atoms with Gasteiger partial charge < -0.3 is 5.32 Å². The second kappa shape index (κ2) is 7.85. The van der Waals surface area contributed by atoms with Gasteiger partial charge in [-0.15, -0.1) is 11.3 Å². The number of carbonyl (C=O) groups excluding carboxylic acids is 1. The summed E-state index contributed by atoms with van der Waals surface area (Å²) in [7, 11) is 0. The van der Waals surface area contributed by atoms with Crippen molar-refractivity contribution < 1.29 is 9.72 Å². The van der Waals surface area contributed by atoms with Crippen molar-refractivity contribution in [1.82, 2.24) is 0 Å². The summed E-state index contributed by atoms with van der Waals surface area (Å²) < 4.78 is 1.04. The first kappa shape index (κ1) is 18.8. The highest BCUT2D eigenvalue weighted by molar-refractivity contribution is 7.21. The van der Waals surface area contributed by atoms with Crippen LogP contribution in [0.1, 0.15) is 26.4 Å². The largest absolute Gasteiger partial charge is 0.321 e. The van der Waals surface area contributed by atoms with E-state index >= 15 is 0 Å². The average Bonchev–Trinajstić information content (AvgIpc) is 3.08. The van der Waals surface area contributed by atoms with Gasteiger partial charge >= 0.3 is 0 Å². The fourth-order valence-corrected chi connectivity index (χ4v) is 4.37. The maximum Gasteiger partial charge on any atom is 0.271 e. The number of nitro groups is 1.